The molecule has 7 heteroatoms. The van der Waals surface area contributed by atoms with Crippen molar-refractivity contribution in [1.82, 2.24) is 9.97 Å². The van der Waals surface area contributed by atoms with E-state index in [9.17, 15) is 4.79 Å². The maximum absolute atomic E-state index is 12.8. The lowest BCUT2D eigenvalue weighted by molar-refractivity contribution is 0.0527. The molecule has 0 saturated carbocycles. The Labute approximate surface area is 198 Å². The van der Waals surface area contributed by atoms with E-state index in [4.69, 9.17) is 23.9 Å². The molecular weight excluding hydrogens is 432 g/mol. The summed E-state index contributed by atoms with van der Waals surface area (Å²) >= 11 is 0. The minimum absolute atomic E-state index is 0.253. The normalized spacial score (nSPS) is 10.7. The van der Waals surface area contributed by atoms with Crippen LogP contribution in [-0.2, 0) is 4.74 Å². The third-order valence-corrected chi connectivity index (χ3v) is 5.38. The second-order valence-electron chi connectivity index (χ2n) is 7.35. The molecular formula is C27H26N2O5. The van der Waals surface area contributed by atoms with Crippen molar-refractivity contribution in [2.75, 3.05) is 27.4 Å². The number of rotatable bonds is 8. The zero-order valence-electron chi connectivity index (χ0n) is 19.6. The van der Waals surface area contributed by atoms with Crippen LogP contribution in [0.2, 0.25) is 0 Å². The fourth-order valence-corrected chi connectivity index (χ4v) is 3.85. The zero-order valence-corrected chi connectivity index (χ0v) is 19.6. The highest BCUT2D eigenvalue weighted by molar-refractivity contribution is 6.08. The predicted molar refractivity (Wildman–Crippen MR) is 131 cm³/mol. The van der Waals surface area contributed by atoms with E-state index in [1.54, 1.807) is 33.4 Å². The summed E-state index contributed by atoms with van der Waals surface area (Å²) in [6, 6.07) is 15.2. The van der Waals surface area contributed by atoms with E-state index < -0.39 is 5.97 Å². The highest BCUT2D eigenvalue weighted by Gasteiger charge is 2.21. The molecule has 0 aliphatic heterocycles. The highest BCUT2D eigenvalue weighted by atomic mass is 16.5. The molecule has 0 N–H and O–H groups in total. The number of methoxy groups -OCH3 is 2. The number of carbonyl (C=O) groups excluding carboxylic acids is 1. The molecule has 0 spiro atoms. The van der Waals surface area contributed by atoms with E-state index in [1.165, 1.54) is 6.20 Å². The van der Waals surface area contributed by atoms with Crippen molar-refractivity contribution in [3.63, 3.8) is 0 Å². The Balaban J connectivity index is 1.92. The molecule has 0 amide bonds. The second kappa shape index (κ2) is 10.2. The molecule has 34 heavy (non-hydrogen) atoms. The van der Waals surface area contributed by atoms with Gasteiger partial charge in [-0.3, -0.25) is 9.97 Å². The maximum atomic E-state index is 12.8. The Morgan fingerprint density at radius 2 is 1.71 bits per heavy atom. The molecule has 7 nitrogen and oxygen atoms in total. The predicted octanol–water partition coefficient (Wildman–Crippen LogP) is 5.56. The number of pyridine rings is 2. The number of hydrogen-bond acceptors (Lipinski definition) is 7. The van der Waals surface area contributed by atoms with E-state index in [0.717, 1.165) is 22.6 Å². The van der Waals surface area contributed by atoms with Crippen LogP contribution in [-0.4, -0.2) is 43.4 Å². The SMILES string of the molecule is CCOC(=O)c1cnc2c(OC)cc(OC)cc2c1-c1ccc(-c2ccccc2OCC)nc1. The van der Waals surface area contributed by atoms with Crippen molar-refractivity contribution in [1.29, 1.82) is 0 Å². The lowest BCUT2D eigenvalue weighted by Crippen LogP contribution is -2.08. The van der Waals surface area contributed by atoms with Gasteiger partial charge in [-0.15, -0.1) is 0 Å². The summed E-state index contributed by atoms with van der Waals surface area (Å²) in [6.45, 7) is 4.53. The number of fused-ring (bicyclic) bond motifs is 1. The van der Waals surface area contributed by atoms with Gasteiger partial charge >= 0.3 is 5.97 Å². The number of nitrogens with zero attached hydrogens (tertiary/aromatic N) is 2. The smallest absolute Gasteiger partial charge is 0.340 e. The number of ether oxygens (including phenoxy) is 4. The molecule has 174 valence electrons. The van der Waals surface area contributed by atoms with Gasteiger partial charge in [0.2, 0.25) is 0 Å². The monoisotopic (exact) mass is 458 g/mol. The van der Waals surface area contributed by atoms with Gasteiger partial charge < -0.3 is 18.9 Å². The summed E-state index contributed by atoms with van der Waals surface area (Å²) < 4.78 is 22.1. The van der Waals surface area contributed by atoms with Gasteiger partial charge in [-0.2, -0.15) is 0 Å². The molecule has 0 aliphatic rings. The van der Waals surface area contributed by atoms with Gasteiger partial charge in [0.25, 0.3) is 0 Å². The fraction of sp³-hybridized carbons (Fsp3) is 0.222. The quantitative estimate of drug-likeness (QED) is 0.320. The van der Waals surface area contributed by atoms with Gasteiger partial charge in [0.1, 0.15) is 22.8 Å². The Morgan fingerprint density at radius 3 is 2.38 bits per heavy atom. The van der Waals surface area contributed by atoms with Crippen molar-refractivity contribution in [2.24, 2.45) is 0 Å². The molecule has 0 aliphatic carbocycles. The average Bonchev–Trinajstić information content (AvgIpc) is 2.88. The maximum Gasteiger partial charge on any atom is 0.340 e. The summed E-state index contributed by atoms with van der Waals surface area (Å²) in [5.74, 6) is 1.44. The Bertz CT molecular complexity index is 1320. The third kappa shape index (κ3) is 4.37. The van der Waals surface area contributed by atoms with Crippen molar-refractivity contribution < 1.29 is 23.7 Å². The standard InChI is InChI=1S/C27H26N2O5/c1-5-33-23-10-8-7-9-19(23)22-12-11-17(15-28-22)25-20-13-18(31-3)14-24(32-4)26(20)29-16-21(25)27(30)34-6-2/h7-16H,5-6H2,1-4H3. The summed E-state index contributed by atoms with van der Waals surface area (Å²) in [5, 5.41) is 0.700. The van der Waals surface area contributed by atoms with Gasteiger partial charge in [-0.05, 0) is 38.1 Å². The molecule has 4 aromatic rings. The third-order valence-electron chi connectivity index (χ3n) is 5.38. The van der Waals surface area contributed by atoms with Crippen LogP contribution in [0.15, 0.2) is 60.9 Å². The number of hydrogen-bond donors (Lipinski definition) is 0. The van der Waals surface area contributed by atoms with E-state index in [1.807, 2.05) is 49.4 Å². The van der Waals surface area contributed by atoms with E-state index in [0.29, 0.717) is 40.1 Å². The van der Waals surface area contributed by atoms with Crippen molar-refractivity contribution in [3.8, 4) is 39.6 Å². The summed E-state index contributed by atoms with van der Waals surface area (Å²) in [4.78, 5) is 22.0. The van der Waals surface area contributed by atoms with Gasteiger partial charge in [-0.25, -0.2) is 4.79 Å². The number of esters is 1. The minimum Gasteiger partial charge on any atom is -0.497 e. The van der Waals surface area contributed by atoms with E-state index in [2.05, 4.69) is 4.98 Å². The first kappa shape index (κ1) is 23.0. The van der Waals surface area contributed by atoms with Crippen molar-refractivity contribution >= 4 is 16.9 Å². The first-order valence-corrected chi connectivity index (χ1v) is 11.0. The van der Waals surface area contributed by atoms with Crippen LogP contribution in [0.25, 0.3) is 33.3 Å². The molecule has 0 atom stereocenters. The number of aromatic nitrogens is 2. The number of carbonyl (C=O) groups is 1. The Hall–Kier alpha value is -4.13. The Kier molecular flexibility index (Phi) is 6.92. The summed E-state index contributed by atoms with van der Waals surface area (Å²) in [7, 11) is 3.15. The average molecular weight is 459 g/mol. The minimum atomic E-state index is -0.459. The first-order valence-electron chi connectivity index (χ1n) is 11.0. The van der Waals surface area contributed by atoms with E-state index >= 15 is 0 Å². The van der Waals surface area contributed by atoms with Gasteiger partial charge in [-0.1, -0.05) is 18.2 Å². The zero-order chi connectivity index (χ0) is 24.1. The van der Waals surface area contributed by atoms with Crippen LogP contribution >= 0.6 is 0 Å². The van der Waals surface area contributed by atoms with Gasteiger partial charge in [0, 0.05) is 40.5 Å². The molecule has 0 bridgehead atoms. The van der Waals surface area contributed by atoms with Crippen LogP contribution in [0, 0.1) is 0 Å². The lowest BCUT2D eigenvalue weighted by Gasteiger charge is -2.15. The molecule has 0 saturated heterocycles. The largest absolute Gasteiger partial charge is 0.497 e. The molecule has 0 radical (unpaired) electrons. The van der Waals surface area contributed by atoms with Crippen LogP contribution < -0.4 is 14.2 Å². The van der Waals surface area contributed by atoms with Crippen LogP contribution in [0.5, 0.6) is 17.2 Å². The van der Waals surface area contributed by atoms with Gasteiger partial charge in [0.05, 0.1) is 38.7 Å². The van der Waals surface area contributed by atoms with Crippen molar-refractivity contribution in [2.45, 2.75) is 13.8 Å². The van der Waals surface area contributed by atoms with E-state index in [-0.39, 0.29) is 6.61 Å². The fourth-order valence-electron chi connectivity index (χ4n) is 3.85. The summed E-state index contributed by atoms with van der Waals surface area (Å²) in [6.07, 6.45) is 3.25. The van der Waals surface area contributed by atoms with Crippen LogP contribution in [0.4, 0.5) is 0 Å². The topological polar surface area (TPSA) is 79.8 Å². The second-order valence-corrected chi connectivity index (χ2v) is 7.35. The number of para-hydroxylation sites is 1. The highest BCUT2D eigenvalue weighted by Crippen LogP contribution is 2.39. The Morgan fingerprint density at radius 1 is 0.882 bits per heavy atom. The molecule has 2 heterocycles. The summed E-state index contributed by atoms with van der Waals surface area (Å²) in [5.41, 5.74) is 4.00. The van der Waals surface area contributed by atoms with Crippen LogP contribution in [0.3, 0.4) is 0 Å². The molecule has 2 aromatic carbocycles. The number of benzene rings is 2. The first-order chi connectivity index (χ1) is 16.6. The van der Waals surface area contributed by atoms with Crippen LogP contribution in [0.1, 0.15) is 24.2 Å². The molecule has 2 aromatic heterocycles. The lowest BCUT2D eigenvalue weighted by atomic mass is 9.96. The molecule has 4 rings (SSSR count). The molecule has 0 unspecified atom stereocenters. The van der Waals surface area contributed by atoms with Crippen molar-refractivity contribution in [3.05, 3.63) is 66.5 Å². The molecule has 0 fully saturated rings. The van der Waals surface area contributed by atoms with Gasteiger partial charge in [0.15, 0.2) is 0 Å².